The van der Waals surface area contributed by atoms with Gasteiger partial charge in [-0.15, -0.1) is 0 Å². The monoisotopic (exact) mass is 617 g/mol. The molecule has 0 saturated carbocycles. The van der Waals surface area contributed by atoms with Crippen molar-refractivity contribution in [2.75, 3.05) is 18.4 Å². The number of imide groups is 1. The van der Waals surface area contributed by atoms with Crippen LogP contribution in [0.4, 0.5) is 10.5 Å². The molecule has 1 aliphatic rings. The van der Waals surface area contributed by atoms with Gasteiger partial charge in [0.15, 0.2) is 0 Å². The van der Waals surface area contributed by atoms with E-state index in [0.29, 0.717) is 16.2 Å². The van der Waals surface area contributed by atoms with E-state index < -0.39 is 65.6 Å². The lowest BCUT2D eigenvalue weighted by Gasteiger charge is -2.29. The first-order valence-electron chi connectivity index (χ1n) is 14.3. The summed E-state index contributed by atoms with van der Waals surface area (Å²) in [4.78, 5) is 86.4. The van der Waals surface area contributed by atoms with Crippen molar-refractivity contribution in [1.82, 2.24) is 20.9 Å². The zero-order chi connectivity index (χ0) is 33.4. The van der Waals surface area contributed by atoms with Crippen LogP contribution >= 0.6 is 0 Å². The average Bonchev–Trinajstić information content (AvgIpc) is 3.31. The summed E-state index contributed by atoms with van der Waals surface area (Å²) in [5, 5.41) is 10.3. The van der Waals surface area contributed by atoms with Gasteiger partial charge in [0.25, 0.3) is 11.8 Å². The summed E-state index contributed by atoms with van der Waals surface area (Å²) in [5.41, 5.74) is 11.9. The van der Waals surface area contributed by atoms with Crippen molar-refractivity contribution in [3.63, 3.8) is 0 Å². The van der Waals surface area contributed by atoms with Crippen LogP contribution in [0.3, 0.4) is 0 Å². The van der Waals surface area contributed by atoms with E-state index in [1.807, 2.05) is 13.8 Å². The number of anilines is 1. The van der Waals surface area contributed by atoms with Gasteiger partial charge >= 0.3 is 12.0 Å². The zero-order valence-electron chi connectivity index (χ0n) is 25.7. The summed E-state index contributed by atoms with van der Waals surface area (Å²) < 4.78 is 4.94. The minimum absolute atomic E-state index is 0.0685. The standard InChI is InChI=1S/C27H37N7O8.C2H6/c1-15(2)23(33-25(39)20(13-28)34-21(36)10-11-22(34)37)26(40)32-19(5-4-12-30-27(29)41)24(38)31-18-8-6-17(7-9-18)14-42-16(3)35;1-2/h6-11,15,19-20,23H,4-5,12-14,28H2,1-3H3,(H,31,38)(H,32,40)(H,33,39)(H3,29,30,41);1-2H3. The van der Waals surface area contributed by atoms with Gasteiger partial charge in [0.1, 0.15) is 24.7 Å². The quantitative estimate of drug-likeness (QED) is 0.0885. The molecular weight excluding hydrogens is 574 g/mol. The van der Waals surface area contributed by atoms with Crippen molar-refractivity contribution < 1.29 is 38.3 Å². The summed E-state index contributed by atoms with van der Waals surface area (Å²) in [5.74, 6) is -4.35. The van der Waals surface area contributed by atoms with Gasteiger partial charge in [-0.05, 0) is 36.5 Å². The van der Waals surface area contributed by atoms with Gasteiger partial charge in [-0.25, -0.2) is 4.79 Å². The third kappa shape index (κ3) is 11.8. The molecular formula is C29H43N7O8. The number of nitrogens with zero attached hydrogens (tertiary/aromatic N) is 1. The van der Waals surface area contributed by atoms with Crippen molar-refractivity contribution in [3.05, 3.63) is 42.0 Å². The molecule has 2 rings (SSSR count). The second-order valence-electron chi connectivity index (χ2n) is 9.82. The molecule has 15 nitrogen and oxygen atoms in total. The summed E-state index contributed by atoms with van der Waals surface area (Å²) in [6.07, 6.45) is 2.43. The van der Waals surface area contributed by atoms with E-state index in [1.54, 1.807) is 38.1 Å². The van der Waals surface area contributed by atoms with Crippen LogP contribution in [0, 0.1) is 5.92 Å². The van der Waals surface area contributed by atoms with Gasteiger partial charge < -0.3 is 37.5 Å². The fraction of sp³-hybridized carbons (Fsp3) is 0.483. The zero-order valence-corrected chi connectivity index (χ0v) is 25.7. The minimum Gasteiger partial charge on any atom is -0.461 e. The number of esters is 1. The average molecular weight is 618 g/mol. The normalized spacial score (nSPS) is 14.1. The van der Waals surface area contributed by atoms with Crippen LogP contribution in [-0.4, -0.2) is 77.7 Å². The Kier molecular flexibility index (Phi) is 15.8. The Labute approximate surface area is 256 Å². The molecule has 3 unspecified atom stereocenters. The number of amides is 7. The van der Waals surface area contributed by atoms with Crippen molar-refractivity contribution in [2.24, 2.45) is 17.4 Å². The lowest BCUT2D eigenvalue weighted by Crippen LogP contribution is -2.60. The van der Waals surface area contributed by atoms with E-state index >= 15 is 0 Å². The SMILES string of the molecule is CC.CC(=O)OCc1ccc(NC(=O)C(CCCNC(N)=O)NC(=O)C(NC(=O)C(CN)N2C(=O)C=CC2=O)C(C)C)cc1. The Morgan fingerprint density at radius 2 is 1.50 bits per heavy atom. The smallest absolute Gasteiger partial charge is 0.312 e. The van der Waals surface area contributed by atoms with Crippen LogP contribution in [0.25, 0.3) is 0 Å². The molecule has 0 bridgehead atoms. The van der Waals surface area contributed by atoms with Crippen LogP contribution in [0.5, 0.6) is 0 Å². The lowest BCUT2D eigenvalue weighted by molar-refractivity contribution is -0.146. The van der Waals surface area contributed by atoms with Gasteiger partial charge in [-0.3, -0.25) is 33.7 Å². The fourth-order valence-corrected chi connectivity index (χ4v) is 3.98. The second kappa shape index (κ2) is 18.7. The molecule has 1 heterocycles. The van der Waals surface area contributed by atoms with Gasteiger partial charge in [0.2, 0.25) is 17.7 Å². The van der Waals surface area contributed by atoms with Crippen LogP contribution < -0.4 is 32.7 Å². The summed E-state index contributed by atoms with van der Waals surface area (Å²) in [7, 11) is 0. The number of nitrogens with one attached hydrogen (secondary N) is 4. The van der Waals surface area contributed by atoms with E-state index in [9.17, 15) is 33.6 Å². The topological polar surface area (TPSA) is 232 Å². The molecule has 7 amide bonds. The number of nitrogens with two attached hydrogens (primary N) is 2. The molecule has 44 heavy (non-hydrogen) atoms. The Bertz CT molecular complexity index is 1200. The number of primary amides is 1. The third-order valence-corrected chi connectivity index (χ3v) is 6.19. The molecule has 1 aliphatic heterocycles. The first kappa shape index (κ1) is 37.2. The van der Waals surface area contributed by atoms with Crippen LogP contribution in [-0.2, 0) is 40.1 Å². The Morgan fingerprint density at radius 1 is 0.909 bits per heavy atom. The molecule has 15 heteroatoms. The predicted molar refractivity (Wildman–Crippen MR) is 161 cm³/mol. The van der Waals surface area contributed by atoms with Crippen molar-refractivity contribution in [2.45, 2.75) is 72.2 Å². The van der Waals surface area contributed by atoms with Gasteiger partial charge in [-0.2, -0.15) is 0 Å². The molecule has 242 valence electrons. The first-order chi connectivity index (χ1) is 20.8. The van der Waals surface area contributed by atoms with Crippen molar-refractivity contribution >= 4 is 47.2 Å². The molecule has 0 aromatic heterocycles. The number of hydrogen-bond acceptors (Lipinski definition) is 9. The summed E-state index contributed by atoms with van der Waals surface area (Å²) >= 11 is 0. The van der Waals surface area contributed by atoms with E-state index in [1.165, 1.54) is 6.92 Å². The molecule has 0 radical (unpaired) electrons. The largest absolute Gasteiger partial charge is 0.461 e. The second-order valence-corrected chi connectivity index (χ2v) is 9.82. The summed E-state index contributed by atoms with van der Waals surface area (Å²) in [6, 6.07) is 2.22. The van der Waals surface area contributed by atoms with E-state index in [4.69, 9.17) is 16.2 Å². The number of carbonyl (C=O) groups is 7. The maximum Gasteiger partial charge on any atom is 0.312 e. The molecule has 0 aliphatic carbocycles. The Balaban J connectivity index is 0.00000474. The van der Waals surface area contributed by atoms with E-state index in [-0.39, 0.29) is 32.5 Å². The molecule has 1 aromatic rings. The number of rotatable bonds is 15. The van der Waals surface area contributed by atoms with Crippen molar-refractivity contribution in [3.8, 4) is 0 Å². The molecule has 1 aromatic carbocycles. The molecule has 3 atom stereocenters. The molecule has 8 N–H and O–H groups in total. The Morgan fingerprint density at radius 3 is 2.00 bits per heavy atom. The van der Waals surface area contributed by atoms with Crippen molar-refractivity contribution in [1.29, 1.82) is 0 Å². The number of carbonyl (C=O) groups excluding carboxylic acids is 7. The van der Waals surface area contributed by atoms with Gasteiger partial charge in [-0.1, -0.05) is 39.8 Å². The minimum atomic E-state index is -1.34. The van der Waals surface area contributed by atoms with Crippen LogP contribution in [0.1, 0.15) is 53.0 Å². The van der Waals surface area contributed by atoms with Gasteiger partial charge in [0.05, 0.1) is 0 Å². The van der Waals surface area contributed by atoms with E-state index in [2.05, 4.69) is 21.3 Å². The highest BCUT2D eigenvalue weighted by molar-refractivity contribution is 6.15. The third-order valence-electron chi connectivity index (χ3n) is 6.19. The molecule has 0 fully saturated rings. The number of ether oxygens (including phenoxy) is 1. The molecule has 0 saturated heterocycles. The maximum absolute atomic E-state index is 13.3. The highest BCUT2D eigenvalue weighted by atomic mass is 16.5. The van der Waals surface area contributed by atoms with Gasteiger partial charge in [0, 0.05) is 37.9 Å². The highest BCUT2D eigenvalue weighted by Gasteiger charge is 2.37. The molecule has 0 spiro atoms. The summed E-state index contributed by atoms with van der Waals surface area (Å²) in [6.45, 7) is 8.47. The number of benzene rings is 1. The predicted octanol–water partition coefficient (Wildman–Crippen LogP) is 0.0408. The van der Waals surface area contributed by atoms with Crippen LogP contribution in [0.15, 0.2) is 36.4 Å². The maximum atomic E-state index is 13.3. The fourth-order valence-electron chi connectivity index (χ4n) is 3.98. The first-order valence-corrected chi connectivity index (χ1v) is 14.3. The number of hydrogen-bond donors (Lipinski definition) is 6. The Hall–Kier alpha value is -4.79. The highest BCUT2D eigenvalue weighted by Crippen LogP contribution is 2.14. The number of urea groups is 1. The van der Waals surface area contributed by atoms with E-state index in [0.717, 1.165) is 12.2 Å². The van der Waals surface area contributed by atoms with Crippen LogP contribution in [0.2, 0.25) is 0 Å². The lowest BCUT2D eigenvalue weighted by atomic mass is 10.0.